The molecule has 1 amide bonds. The Balaban J connectivity index is 2.02. The van der Waals surface area contributed by atoms with Gasteiger partial charge in [0.25, 0.3) is 5.91 Å². The van der Waals surface area contributed by atoms with Gasteiger partial charge in [0.05, 0.1) is 28.7 Å². The number of nitrogens with one attached hydrogen (secondary N) is 1. The van der Waals surface area contributed by atoms with Gasteiger partial charge >= 0.3 is 12.1 Å². The van der Waals surface area contributed by atoms with Gasteiger partial charge in [-0.2, -0.15) is 18.3 Å². The summed E-state index contributed by atoms with van der Waals surface area (Å²) in [6, 6.07) is 8.39. The summed E-state index contributed by atoms with van der Waals surface area (Å²) in [5.41, 5.74) is 0.367. The quantitative estimate of drug-likeness (QED) is 0.280. The molecule has 0 saturated carbocycles. The lowest BCUT2D eigenvalue weighted by molar-refractivity contribution is -0.157. The number of alkyl halides is 3. The van der Waals surface area contributed by atoms with Crippen molar-refractivity contribution in [3.05, 3.63) is 58.6 Å². The largest absolute Gasteiger partial charge is 0.482 e. The highest BCUT2D eigenvalue weighted by atomic mass is 35.5. The highest BCUT2D eigenvalue weighted by molar-refractivity contribution is 7.92. The molecule has 37 heavy (non-hydrogen) atoms. The normalized spacial score (nSPS) is 12.3. The number of hydrazone groups is 1. The van der Waals surface area contributed by atoms with E-state index in [0.29, 0.717) is 27.8 Å². The molecule has 2 rings (SSSR count). The first kappa shape index (κ1) is 29.9. The van der Waals surface area contributed by atoms with E-state index in [2.05, 4.69) is 10.5 Å². The summed E-state index contributed by atoms with van der Waals surface area (Å²) in [5, 5.41) is 3.43. The molecule has 0 aliphatic rings. The molecule has 0 unspecified atom stereocenters. The molecule has 0 aromatic heterocycles. The highest BCUT2D eigenvalue weighted by Gasteiger charge is 2.33. The molecule has 0 aliphatic heterocycles. The van der Waals surface area contributed by atoms with Gasteiger partial charge in [0.1, 0.15) is 17.9 Å². The number of hydrogen-bond acceptors (Lipinski definition) is 7. The number of carbonyl (C=O) groups is 2. The lowest BCUT2D eigenvalue weighted by atomic mass is 10.2. The summed E-state index contributed by atoms with van der Waals surface area (Å²) in [4.78, 5) is 24.0. The summed E-state index contributed by atoms with van der Waals surface area (Å²) in [5.74, 6) is -1.07. The van der Waals surface area contributed by atoms with Crippen molar-refractivity contribution in [1.82, 2.24) is 5.43 Å². The molecule has 2 aromatic rings. The van der Waals surface area contributed by atoms with Crippen LogP contribution < -0.4 is 14.5 Å². The number of benzene rings is 2. The van der Waals surface area contributed by atoms with Crippen LogP contribution in [-0.4, -0.2) is 51.5 Å². The molecular formula is C23H25ClF3N3O6S. The van der Waals surface area contributed by atoms with Crippen LogP contribution in [0.25, 0.3) is 0 Å². The zero-order chi connectivity index (χ0) is 28.0. The van der Waals surface area contributed by atoms with E-state index in [4.69, 9.17) is 21.1 Å². The van der Waals surface area contributed by atoms with Crippen LogP contribution >= 0.6 is 11.6 Å². The van der Waals surface area contributed by atoms with Crippen molar-refractivity contribution in [2.45, 2.75) is 32.5 Å². The molecule has 0 fully saturated rings. The maximum atomic E-state index is 13.1. The summed E-state index contributed by atoms with van der Waals surface area (Å²) >= 11 is 5.92. The minimum atomic E-state index is -4.74. The fraction of sp³-hybridized carbons (Fsp3) is 0.348. The molecule has 0 saturated heterocycles. The first-order chi connectivity index (χ1) is 17.0. The summed E-state index contributed by atoms with van der Waals surface area (Å²) in [6.45, 7) is 4.05. The molecule has 14 heteroatoms. The van der Waals surface area contributed by atoms with Gasteiger partial charge in [0.2, 0.25) is 10.0 Å². The van der Waals surface area contributed by atoms with E-state index in [9.17, 15) is 31.2 Å². The Morgan fingerprint density at radius 1 is 1.11 bits per heavy atom. The van der Waals surface area contributed by atoms with Crippen LogP contribution in [0.2, 0.25) is 5.02 Å². The summed E-state index contributed by atoms with van der Waals surface area (Å²) in [6.07, 6.45) is -2.77. The molecule has 0 spiro atoms. The fourth-order valence-corrected chi connectivity index (χ4v) is 3.90. The van der Waals surface area contributed by atoms with Crippen LogP contribution in [-0.2, 0) is 30.5 Å². The molecule has 1 N–H and O–H groups in total. The third-order valence-electron chi connectivity index (χ3n) is 4.29. The third kappa shape index (κ3) is 9.92. The molecule has 0 aliphatic carbocycles. The van der Waals surface area contributed by atoms with Crippen molar-refractivity contribution in [2.75, 3.05) is 23.7 Å². The van der Waals surface area contributed by atoms with E-state index in [1.54, 1.807) is 45.0 Å². The number of rotatable bonds is 9. The van der Waals surface area contributed by atoms with Gasteiger partial charge in [0, 0.05) is 0 Å². The highest BCUT2D eigenvalue weighted by Crippen LogP contribution is 2.36. The number of esters is 1. The van der Waals surface area contributed by atoms with Gasteiger partial charge in [-0.05, 0) is 68.8 Å². The minimum absolute atomic E-state index is 0.284. The van der Waals surface area contributed by atoms with E-state index in [1.165, 1.54) is 6.21 Å². The number of amides is 1. The number of ether oxygens (including phenoxy) is 2. The Labute approximate surface area is 217 Å². The van der Waals surface area contributed by atoms with Gasteiger partial charge < -0.3 is 9.47 Å². The van der Waals surface area contributed by atoms with Gasteiger partial charge in [-0.1, -0.05) is 11.6 Å². The first-order valence-electron chi connectivity index (χ1n) is 10.6. The molecule has 9 nitrogen and oxygen atoms in total. The maximum Gasteiger partial charge on any atom is 0.416 e. The van der Waals surface area contributed by atoms with Crippen LogP contribution in [0.5, 0.6) is 5.75 Å². The van der Waals surface area contributed by atoms with Crippen molar-refractivity contribution >= 4 is 45.4 Å². The summed E-state index contributed by atoms with van der Waals surface area (Å²) in [7, 11) is -4.18. The zero-order valence-electron chi connectivity index (χ0n) is 20.3. The zero-order valence-corrected chi connectivity index (χ0v) is 21.9. The van der Waals surface area contributed by atoms with Gasteiger partial charge in [-0.3, -0.25) is 9.10 Å². The smallest absolute Gasteiger partial charge is 0.416 e. The van der Waals surface area contributed by atoms with Crippen LogP contribution in [0.3, 0.4) is 0 Å². The van der Waals surface area contributed by atoms with Crippen molar-refractivity contribution in [3.63, 3.8) is 0 Å². The fourth-order valence-electron chi connectivity index (χ4n) is 2.77. The first-order valence-corrected chi connectivity index (χ1v) is 12.8. The predicted molar refractivity (Wildman–Crippen MR) is 132 cm³/mol. The average molecular weight is 564 g/mol. The SMILES string of the molecule is CC(C)(C)OC(=O)COc1ccc(/C=N/NC(=O)CN(c2cc(C(F)(F)F)ccc2Cl)S(C)(=O)=O)cc1. The van der Waals surface area contributed by atoms with Crippen LogP contribution in [0.15, 0.2) is 47.6 Å². The van der Waals surface area contributed by atoms with Gasteiger partial charge in [-0.15, -0.1) is 0 Å². The molecule has 202 valence electrons. The molecule has 0 radical (unpaired) electrons. The van der Waals surface area contributed by atoms with E-state index >= 15 is 0 Å². The second-order valence-corrected chi connectivity index (χ2v) is 11.0. The molecule has 0 bridgehead atoms. The Kier molecular flexibility index (Phi) is 9.55. The van der Waals surface area contributed by atoms with E-state index < -0.39 is 51.5 Å². The van der Waals surface area contributed by atoms with E-state index in [-0.39, 0.29) is 11.6 Å². The van der Waals surface area contributed by atoms with Crippen molar-refractivity contribution in [2.24, 2.45) is 5.10 Å². The van der Waals surface area contributed by atoms with Gasteiger partial charge in [0.15, 0.2) is 6.61 Å². The number of anilines is 1. The number of nitrogens with zero attached hydrogens (tertiary/aromatic N) is 2. The average Bonchev–Trinajstić information content (AvgIpc) is 2.75. The third-order valence-corrected chi connectivity index (χ3v) is 5.74. The number of halogens is 4. The second kappa shape index (κ2) is 11.8. The molecule has 0 heterocycles. The number of carbonyl (C=O) groups excluding carboxylic acids is 2. The lowest BCUT2D eigenvalue weighted by Crippen LogP contribution is -2.39. The number of sulfonamides is 1. The maximum absolute atomic E-state index is 13.1. The van der Waals surface area contributed by atoms with Crippen molar-refractivity contribution in [1.29, 1.82) is 0 Å². The molecular weight excluding hydrogens is 539 g/mol. The van der Waals surface area contributed by atoms with E-state index in [0.717, 1.165) is 12.3 Å². The monoisotopic (exact) mass is 563 g/mol. The lowest BCUT2D eigenvalue weighted by Gasteiger charge is -2.23. The second-order valence-electron chi connectivity index (χ2n) is 8.67. The predicted octanol–water partition coefficient (Wildman–Crippen LogP) is 4.00. The Morgan fingerprint density at radius 2 is 1.73 bits per heavy atom. The van der Waals surface area contributed by atoms with Crippen LogP contribution in [0.4, 0.5) is 18.9 Å². The topological polar surface area (TPSA) is 114 Å². The van der Waals surface area contributed by atoms with Crippen LogP contribution in [0, 0.1) is 0 Å². The summed E-state index contributed by atoms with van der Waals surface area (Å²) < 4.78 is 74.5. The Hall–Kier alpha value is -3.32. The molecule has 2 aromatic carbocycles. The van der Waals surface area contributed by atoms with E-state index in [1.807, 2.05) is 0 Å². The van der Waals surface area contributed by atoms with Crippen molar-refractivity contribution in [3.8, 4) is 5.75 Å². The Bertz CT molecular complexity index is 1260. The molecule has 0 atom stereocenters. The van der Waals surface area contributed by atoms with Crippen molar-refractivity contribution < 1.29 is 40.7 Å². The standard InChI is InChI=1S/C23H25ClF3N3O6S/c1-22(2,3)36-21(32)14-35-17-8-5-15(6-9-17)12-28-29-20(31)13-30(37(4,33)34)19-11-16(23(25,26)27)7-10-18(19)24/h5-12H,13-14H2,1-4H3,(H,29,31)/b28-12+. The number of hydrogen-bond donors (Lipinski definition) is 1. The van der Waals surface area contributed by atoms with Gasteiger partial charge in [-0.25, -0.2) is 18.6 Å². The minimum Gasteiger partial charge on any atom is -0.482 e. The Morgan fingerprint density at radius 3 is 2.27 bits per heavy atom. The van der Waals surface area contributed by atoms with Crippen LogP contribution in [0.1, 0.15) is 31.9 Å².